The molecule has 3 bridgehead atoms. The molecule has 5 aromatic rings. The van der Waals surface area contributed by atoms with Crippen LogP contribution in [-0.4, -0.2) is 271 Å². The molecule has 0 aliphatic carbocycles. The monoisotopic (exact) mass is 2080 g/mol. The fourth-order valence-electron chi connectivity index (χ4n) is 18.7. The van der Waals surface area contributed by atoms with Crippen molar-refractivity contribution in [3.63, 3.8) is 0 Å². The Hall–Kier alpha value is -15.0. The number of hydrogen-bond acceptors (Lipinski definition) is 23. The summed E-state index contributed by atoms with van der Waals surface area (Å²) >= 11 is 1.35. The molecule has 3 saturated heterocycles. The summed E-state index contributed by atoms with van der Waals surface area (Å²) in [6, 6.07) is 8.98. The van der Waals surface area contributed by atoms with Gasteiger partial charge in [0.15, 0.2) is 0 Å². The van der Waals surface area contributed by atoms with Gasteiger partial charge in [-0.05, 0) is 206 Å². The number of nitrogens with one attached hydrogen (secondary N) is 15. The van der Waals surface area contributed by atoms with Gasteiger partial charge in [0.05, 0.1) is 31.6 Å². The Morgan fingerprint density at radius 1 is 0.523 bits per heavy atom. The molecule has 0 radical (unpaired) electrons. The lowest BCUT2D eigenvalue weighted by atomic mass is 9.83. The van der Waals surface area contributed by atoms with E-state index in [0.29, 0.717) is 34.1 Å². The zero-order chi connectivity index (χ0) is 109. The van der Waals surface area contributed by atoms with Crippen LogP contribution in [0.4, 0.5) is 4.79 Å². The van der Waals surface area contributed by atoms with Crippen molar-refractivity contribution in [3.05, 3.63) is 166 Å². The van der Waals surface area contributed by atoms with Gasteiger partial charge < -0.3 is 115 Å². The van der Waals surface area contributed by atoms with Crippen molar-refractivity contribution in [1.29, 1.82) is 0 Å². The van der Waals surface area contributed by atoms with E-state index in [1.165, 1.54) is 75.1 Å². The highest BCUT2D eigenvalue weighted by Crippen LogP contribution is 2.36. The number of carbonyl (C=O) groups is 21. The number of aryl methyl sites for hydroxylation is 1. The van der Waals surface area contributed by atoms with Crippen molar-refractivity contribution in [3.8, 4) is 0 Å². The molecule has 5 aliphatic rings. The Balaban J connectivity index is 1.06. The lowest BCUT2D eigenvalue weighted by molar-refractivity contribution is -0.146. The molecule has 4 aromatic carbocycles. The van der Waals surface area contributed by atoms with Gasteiger partial charge in [-0.15, -0.1) is 11.3 Å². The number of aliphatic carboxylic acids is 2. The van der Waals surface area contributed by atoms with Crippen molar-refractivity contribution < 1.29 is 121 Å². The number of cyclic esters (lactones) is 1. The number of carbonyl (C=O) groups excluding carboxylic acids is 18. The number of hydrogen-bond donors (Lipinski definition) is 19. The number of nitrogens with two attached hydrogens (primary N) is 1. The number of aromatic carboxylic acids is 1. The molecule has 10 rings (SSSR count). The number of carboxylic acid groups (broad SMARTS) is 3. The summed E-state index contributed by atoms with van der Waals surface area (Å²) in [6.45, 7) is 11.9. The predicted octanol–water partition coefficient (Wildman–Crippen LogP) is 2.98. The lowest BCUT2D eigenvalue weighted by Crippen LogP contribution is -2.66. The Bertz CT molecular complexity index is 5860. The van der Waals surface area contributed by atoms with Gasteiger partial charge in [0, 0.05) is 63.4 Å². The Morgan fingerprint density at radius 2 is 1.07 bits per heavy atom. The van der Waals surface area contributed by atoms with Crippen molar-refractivity contribution in [1.82, 2.24) is 89.6 Å². The van der Waals surface area contributed by atoms with Crippen LogP contribution in [0.25, 0.3) is 10.1 Å². The highest BCUT2D eigenvalue weighted by atomic mass is 32.1. The molecule has 6 heterocycles. The third-order valence-corrected chi connectivity index (χ3v) is 28.1. The van der Waals surface area contributed by atoms with E-state index in [-0.39, 0.29) is 153 Å². The van der Waals surface area contributed by atoms with E-state index in [0.717, 1.165) is 9.60 Å². The van der Waals surface area contributed by atoms with E-state index in [9.17, 15) is 72.9 Å². The lowest BCUT2D eigenvalue weighted by Gasteiger charge is -2.38. The van der Waals surface area contributed by atoms with Gasteiger partial charge in [0.1, 0.15) is 88.6 Å². The largest absolute Gasteiger partial charge is 0.481 e. The normalized spacial score (nSPS) is 26.4. The molecule has 1 aromatic heterocycles. The summed E-state index contributed by atoms with van der Waals surface area (Å²) in [4.78, 5) is 310. The minimum Gasteiger partial charge on any atom is -0.481 e. The van der Waals surface area contributed by atoms with Crippen LogP contribution in [0.5, 0.6) is 0 Å². The van der Waals surface area contributed by atoms with E-state index in [1.54, 1.807) is 118 Å². The average molecular weight is 2080 g/mol. The molecule has 14 atom stereocenters. The molecule has 20 N–H and O–H groups in total. The van der Waals surface area contributed by atoms with E-state index >= 15 is 43.2 Å². The number of likely N-dealkylation sites (tertiary alicyclic amines) is 1. The molecular weight excluding hydrogens is 1950 g/mol. The van der Waals surface area contributed by atoms with Crippen LogP contribution in [0, 0.1) is 12.3 Å². The highest BCUT2D eigenvalue weighted by molar-refractivity contribution is 7.17. The Labute approximate surface area is 866 Å². The third kappa shape index (κ3) is 33.0. The van der Waals surface area contributed by atoms with Crippen LogP contribution in [-0.2, 0) is 122 Å². The SMILES string of the molecule is CC(=O)N1CCC[C@]12C/C=C\CCC[C@]1(CCC/C=C\CCCOC(=O)N3CC[C@@]4(C3)NC(=O)[C@H](CCCCNC(=O)CC[C@@H](C(=O)N[C@@H](C)C(N)=O)NC(=O)[C@H](Cc3csc5ccccc35)NC(=O)[C@H](Cc3ccccc3C)NC4=O)NC(=O)[C@H](Cc3ccccc3)NC(=O)[C@H](C)NC(=O)C(C)(C)NC(=O)[C@H](Cc3cccc(C(=O)O)c3)NC(=O)[C@H](CC(=O)O)NC1=O)NC(=O)[C@H](CC(C)(C)C)NC(=O)[C@H](CC(=O)O)NC2=O. The first-order valence-electron chi connectivity index (χ1n) is 50.3. The number of carboxylic acids is 3. The zero-order valence-corrected chi connectivity index (χ0v) is 86.1. The molecular formula is C105H138N18O25S. The Morgan fingerprint density at radius 3 is 1.73 bits per heavy atom. The van der Waals surface area contributed by atoms with Crippen molar-refractivity contribution in [2.75, 3.05) is 32.8 Å². The number of ether oxygens (including phenoxy) is 1. The third-order valence-electron chi connectivity index (χ3n) is 27.1. The van der Waals surface area contributed by atoms with Gasteiger partial charge in [0.25, 0.3) is 0 Å². The van der Waals surface area contributed by atoms with Gasteiger partial charge in [-0.3, -0.25) is 91.1 Å². The number of fused-ring (bicyclic) bond motifs is 4. The number of allylic oxidation sites excluding steroid dienone is 3. The van der Waals surface area contributed by atoms with Crippen LogP contribution in [0.15, 0.2) is 133 Å². The van der Waals surface area contributed by atoms with Crippen LogP contribution in [0.1, 0.15) is 222 Å². The van der Waals surface area contributed by atoms with Gasteiger partial charge in [-0.25, -0.2) is 9.59 Å². The summed E-state index contributed by atoms with van der Waals surface area (Å²) < 4.78 is 6.73. The molecule has 43 nitrogen and oxygen atoms in total. The second kappa shape index (κ2) is 53.0. The van der Waals surface area contributed by atoms with Crippen LogP contribution in [0.2, 0.25) is 0 Å². The molecule has 149 heavy (non-hydrogen) atoms. The number of thiophene rings is 1. The number of primary amides is 1. The molecule has 0 unspecified atom stereocenters. The fraction of sp³-hybridized carbons (Fsp3) is 0.514. The molecule has 0 saturated carbocycles. The Kier molecular flexibility index (Phi) is 41.3. The average Bonchev–Trinajstić information content (AvgIpc) is 1.64. The number of rotatable bonds is 17. The molecule has 44 heteroatoms. The van der Waals surface area contributed by atoms with E-state index in [1.807, 2.05) is 18.2 Å². The van der Waals surface area contributed by atoms with E-state index in [2.05, 4.69) is 79.8 Å². The van der Waals surface area contributed by atoms with Gasteiger partial charge >= 0.3 is 24.0 Å². The summed E-state index contributed by atoms with van der Waals surface area (Å²) in [5.41, 5.74) is -1.48. The van der Waals surface area contributed by atoms with Crippen molar-refractivity contribution >= 4 is 146 Å². The highest BCUT2D eigenvalue weighted by Gasteiger charge is 2.53. The predicted molar refractivity (Wildman–Crippen MR) is 545 cm³/mol. The summed E-state index contributed by atoms with van der Waals surface area (Å²) in [6.07, 6.45) is 0.719. The summed E-state index contributed by atoms with van der Waals surface area (Å²) in [5, 5.41) is 73.9. The molecule has 5 aliphatic heterocycles. The molecule has 804 valence electrons. The van der Waals surface area contributed by atoms with Gasteiger partial charge in [-0.2, -0.15) is 0 Å². The summed E-state index contributed by atoms with van der Waals surface area (Å²) in [5.74, 6) is -21.4. The first-order valence-corrected chi connectivity index (χ1v) is 51.1. The van der Waals surface area contributed by atoms with Crippen LogP contribution < -0.4 is 85.5 Å². The fourth-order valence-corrected chi connectivity index (χ4v) is 19.7. The minimum atomic E-state index is -2.24. The van der Waals surface area contributed by atoms with Gasteiger partial charge in [0.2, 0.25) is 100 Å². The maximum absolute atomic E-state index is 16.2. The van der Waals surface area contributed by atoms with Crippen molar-refractivity contribution in [2.45, 2.75) is 305 Å². The zero-order valence-electron chi connectivity index (χ0n) is 85.3. The first kappa shape index (κ1) is 116. The van der Waals surface area contributed by atoms with E-state index in [4.69, 9.17) is 10.5 Å². The molecule has 3 fully saturated rings. The minimum absolute atomic E-state index is 0.00296. The van der Waals surface area contributed by atoms with Crippen LogP contribution >= 0.6 is 11.3 Å². The maximum Gasteiger partial charge on any atom is 0.409 e. The standard InChI is InChI=1S/C105H138N18O25S/c1-61-31-19-20-35-67(61)54-76-89(135)114-75(55-69-59-149-80-39-22-21-37-70(69)80)88(134)111-72(86(132)108-62(2)84(106)130)40-41-81(125)107-47-27-23-38-71-92(138)121-104(98(145)116-76)46-49-122(60-104)100(147)148-50-28-15-11-10-12-24-42-103(43-25-13-14-26-44-105(45-30-48-123(105)64(4)124)99(146)118-78(57-83(128)129)91(137)115-79(94(140)120-103)58-101(5,6)7)97(144)117-77(56-82(126)127)90(136)113-74(53-66-34-29-36-68(51-66)95(141)142)93(139)119-102(8,9)96(143)109-63(3)85(131)112-73(87(133)110-71)52-65-32-17-16-18-33-65/h10-11,14,16-22,26,29,31-37,39,51,59,62-63,71-79H,12-13,15,23-25,27-28,30,38,40-50,52-58,60H2,1-9H3,(H2,106,130)(H,107,125)(H,108,132)(H,109,143)(H,110,133)(H,111,134)(H,112,131)(H,113,136)(H,114,135)(H,115,137)(H,116,145)(H,117,144)(H,118,146)(H,119,139)(H,120,140)(H,121,138)(H,126,127)(H,128,129)(H,141,142)/b11-10-,26-14-/t62-,63-,71-,72-,73-,74-,75-,76-,77-,78-,79-,103-,104-,105-/m0/s1. The number of benzene rings is 4. The molecule has 18 amide bonds. The van der Waals surface area contributed by atoms with Crippen molar-refractivity contribution in [2.24, 2.45) is 11.1 Å². The smallest absolute Gasteiger partial charge is 0.409 e. The van der Waals surface area contributed by atoms with Crippen LogP contribution in [0.3, 0.4) is 0 Å². The molecule has 3 spiro atoms. The second-order valence-electron chi connectivity index (χ2n) is 40.5. The topological polar surface area (TPSA) is 641 Å². The summed E-state index contributed by atoms with van der Waals surface area (Å²) in [7, 11) is 0. The number of amides is 18. The number of nitrogens with zero attached hydrogens (tertiary/aromatic N) is 2. The van der Waals surface area contributed by atoms with E-state index < -0.39 is 257 Å². The quantitative estimate of drug-likeness (QED) is 0.0595. The maximum atomic E-state index is 16.2. The van der Waals surface area contributed by atoms with Gasteiger partial charge in [-0.1, -0.05) is 130 Å². The first-order chi connectivity index (χ1) is 70.6. The second-order valence-corrected chi connectivity index (χ2v) is 41.4.